The van der Waals surface area contributed by atoms with Gasteiger partial charge in [-0.1, -0.05) is 25.1 Å². The summed E-state index contributed by atoms with van der Waals surface area (Å²) < 4.78 is 27.2. The molecule has 8 heteroatoms. The molecular weight excluding hydrogens is 525 g/mol. The zero-order chi connectivity index (χ0) is 28.4. The van der Waals surface area contributed by atoms with Crippen LogP contribution in [0.4, 0.5) is 14.3 Å². The van der Waals surface area contributed by atoms with E-state index in [1.54, 1.807) is 22.3 Å². The van der Waals surface area contributed by atoms with E-state index in [-0.39, 0.29) is 18.5 Å². The van der Waals surface area contributed by atoms with Crippen LogP contribution in [0.1, 0.15) is 62.8 Å². The number of aryl methyl sites for hydroxylation is 1. The van der Waals surface area contributed by atoms with Crippen molar-refractivity contribution in [3.8, 4) is 17.0 Å². The zero-order valence-corrected chi connectivity index (χ0v) is 25.1. The van der Waals surface area contributed by atoms with Gasteiger partial charge < -0.3 is 19.3 Å². The molecule has 0 spiro atoms. The van der Waals surface area contributed by atoms with Crippen LogP contribution < -0.4 is 9.64 Å². The third kappa shape index (κ3) is 6.60. The SMILES string of the molecule is Cc1cccc(-c2csc(N3CCC(C)CC3)n2)c1OCc1cc(F)c2c(c1)CCN(C(=O)OC(C)(C)C)CC2. The lowest BCUT2D eigenvalue weighted by atomic mass is 9.99. The number of benzene rings is 2. The van der Waals surface area contributed by atoms with Crippen molar-refractivity contribution in [3.05, 3.63) is 63.8 Å². The molecule has 1 amide bonds. The average Bonchev–Trinajstić information content (AvgIpc) is 3.27. The second-order valence-corrected chi connectivity index (χ2v) is 12.9. The number of hydrogen-bond acceptors (Lipinski definition) is 6. The van der Waals surface area contributed by atoms with Crippen LogP contribution in [0.3, 0.4) is 0 Å². The van der Waals surface area contributed by atoms with Gasteiger partial charge in [-0.2, -0.15) is 0 Å². The maximum atomic E-state index is 15.3. The highest BCUT2D eigenvalue weighted by Crippen LogP contribution is 2.37. The number of thiazole rings is 1. The first-order valence-corrected chi connectivity index (χ1v) is 15.2. The third-order valence-corrected chi connectivity index (χ3v) is 8.60. The number of para-hydroxylation sites is 1. The molecule has 0 N–H and O–H groups in total. The van der Waals surface area contributed by atoms with Gasteiger partial charge in [0.1, 0.15) is 23.8 Å². The number of amides is 1. The highest BCUT2D eigenvalue weighted by atomic mass is 32.1. The van der Waals surface area contributed by atoms with Gasteiger partial charge in [0.25, 0.3) is 0 Å². The Balaban J connectivity index is 1.30. The molecule has 214 valence electrons. The topological polar surface area (TPSA) is 54.9 Å². The van der Waals surface area contributed by atoms with Crippen molar-refractivity contribution >= 4 is 22.6 Å². The number of rotatable bonds is 5. The normalized spacial score (nSPS) is 16.4. The second-order valence-electron chi connectivity index (χ2n) is 12.1. The number of aromatic nitrogens is 1. The Kier molecular flexibility index (Phi) is 8.36. The maximum Gasteiger partial charge on any atom is 0.410 e. The van der Waals surface area contributed by atoms with Crippen molar-refractivity contribution in [2.24, 2.45) is 5.92 Å². The van der Waals surface area contributed by atoms with Crippen molar-refractivity contribution in [1.29, 1.82) is 0 Å². The van der Waals surface area contributed by atoms with E-state index in [4.69, 9.17) is 14.5 Å². The predicted octanol–water partition coefficient (Wildman–Crippen LogP) is 7.41. The lowest BCUT2D eigenvalue weighted by Gasteiger charge is -2.29. The van der Waals surface area contributed by atoms with Gasteiger partial charge in [0.15, 0.2) is 5.13 Å². The number of nitrogens with zero attached hydrogens (tertiary/aromatic N) is 3. The van der Waals surface area contributed by atoms with Crippen LogP contribution in [0, 0.1) is 18.7 Å². The van der Waals surface area contributed by atoms with Gasteiger partial charge >= 0.3 is 6.09 Å². The van der Waals surface area contributed by atoms with Crippen molar-refractivity contribution in [2.45, 2.75) is 72.5 Å². The van der Waals surface area contributed by atoms with Crippen LogP contribution in [-0.4, -0.2) is 47.8 Å². The van der Waals surface area contributed by atoms with Gasteiger partial charge in [0, 0.05) is 37.1 Å². The van der Waals surface area contributed by atoms with Crippen molar-refractivity contribution in [3.63, 3.8) is 0 Å². The van der Waals surface area contributed by atoms with Crippen LogP contribution in [0.5, 0.6) is 5.75 Å². The molecule has 1 fully saturated rings. The lowest BCUT2D eigenvalue weighted by Crippen LogP contribution is -2.38. The van der Waals surface area contributed by atoms with Crippen LogP contribution >= 0.6 is 11.3 Å². The average molecular weight is 566 g/mol. The fourth-order valence-electron chi connectivity index (χ4n) is 5.40. The molecule has 6 nitrogen and oxygen atoms in total. The Hall–Kier alpha value is -3.13. The third-order valence-electron chi connectivity index (χ3n) is 7.70. The van der Waals surface area contributed by atoms with Crippen LogP contribution in [0.25, 0.3) is 11.3 Å². The first-order valence-electron chi connectivity index (χ1n) is 14.3. The highest BCUT2D eigenvalue weighted by molar-refractivity contribution is 7.14. The summed E-state index contributed by atoms with van der Waals surface area (Å²) in [6, 6.07) is 9.69. The molecule has 2 aromatic carbocycles. The van der Waals surface area contributed by atoms with Gasteiger partial charge in [-0.15, -0.1) is 11.3 Å². The predicted molar refractivity (Wildman–Crippen MR) is 159 cm³/mol. The summed E-state index contributed by atoms with van der Waals surface area (Å²) in [6.07, 6.45) is 3.09. The van der Waals surface area contributed by atoms with Crippen LogP contribution in [0.2, 0.25) is 0 Å². The minimum atomic E-state index is -0.563. The molecule has 2 aliphatic heterocycles. The first kappa shape index (κ1) is 28.4. The number of carbonyl (C=O) groups excluding carboxylic acids is 1. The summed E-state index contributed by atoms with van der Waals surface area (Å²) in [5.74, 6) is 1.30. The van der Waals surface area contributed by atoms with Crippen LogP contribution in [0.15, 0.2) is 35.7 Å². The van der Waals surface area contributed by atoms with E-state index >= 15 is 4.39 Å². The number of anilines is 1. The fourth-order valence-corrected chi connectivity index (χ4v) is 6.28. The summed E-state index contributed by atoms with van der Waals surface area (Å²) in [6.45, 7) is 13.2. The first-order chi connectivity index (χ1) is 19.1. The van der Waals surface area contributed by atoms with E-state index in [1.807, 2.05) is 52.0 Å². The van der Waals surface area contributed by atoms with Gasteiger partial charge in [-0.25, -0.2) is 14.2 Å². The quantitative estimate of drug-likeness (QED) is 0.323. The number of carbonyl (C=O) groups is 1. The van der Waals surface area contributed by atoms with E-state index in [9.17, 15) is 4.79 Å². The molecule has 5 rings (SSSR count). The summed E-state index contributed by atoms with van der Waals surface area (Å²) in [4.78, 5) is 21.6. The maximum absolute atomic E-state index is 15.3. The van der Waals surface area contributed by atoms with Gasteiger partial charge in [0.05, 0.1) is 5.69 Å². The monoisotopic (exact) mass is 565 g/mol. The van der Waals surface area contributed by atoms with E-state index in [0.717, 1.165) is 57.8 Å². The van der Waals surface area contributed by atoms with E-state index in [0.29, 0.717) is 31.5 Å². The standard InChI is InChI=1S/C32H40FN3O3S/c1-21-9-13-35(14-10-21)30-34-28(20-40-30)26-8-6-7-22(2)29(26)38-19-23-17-24-11-15-36(31(37)39-32(3,4)5)16-12-25(24)27(33)18-23/h6-8,17-18,20-21H,9-16,19H2,1-5H3. The van der Waals surface area contributed by atoms with E-state index < -0.39 is 5.60 Å². The molecule has 0 saturated carbocycles. The molecule has 0 unspecified atom stereocenters. The van der Waals surface area contributed by atoms with Crippen LogP contribution in [-0.2, 0) is 24.2 Å². The summed E-state index contributed by atoms with van der Waals surface area (Å²) in [5.41, 5.74) is 4.69. The Morgan fingerprint density at radius 3 is 2.62 bits per heavy atom. The Labute approximate surface area is 241 Å². The molecular formula is C32H40FN3O3S. The summed E-state index contributed by atoms with van der Waals surface area (Å²) >= 11 is 1.68. The smallest absolute Gasteiger partial charge is 0.410 e. The molecule has 0 bridgehead atoms. The van der Waals surface area contributed by atoms with Crippen molar-refractivity contribution < 1.29 is 18.7 Å². The largest absolute Gasteiger partial charge is 0.488 e. The molecule has 1 aromatic heterocycles. The molecule has 0 radical (unpaired) electrons. The minimum absolute atomic E-state index is 0.243. The second kappa shape index (κ2) is 11.8. The Bertz CT molecular complexity index is 1360. The molecule has 3 heterocycles. The molecule has 3 aromatic rings. The molecule has 1 saturated heterocycles. The number of hydrogen-bond donors (Lipinski definition) is 0. The molecule has 0 aliphatic carbocycles. The van der Waals surface area contributed by atoms with Gasteiger partial charge in [-0.05, 0) is 93.7 Å². The molecule has 40 heavy (non-hydrogen) atoms. The molecule has 0 atom stereocenters. The summed E-state index contributed by atoms with van der Waals surface area (Å²) in [7, 11) is 0. The van der Waals surface area contributed by atoms with E-state index in [2.05, 4.69) is 17.2 Å². The Morgan fingerprint density at radius 1 is 1.12 bits per heavy atom. The van der Waals surface area contributed by atoms with Crippen molar-refractivity contribution in [1.82, 2.24) is 9.88 Å². The zero-order valence-electron chi connectivity index (χ0n) is 24.3. The number of fused-ring (bicyclic) bond motifs is 1. The highest BCUT2D eigenvalue weighted by Gasteiger charge is 2.26. The molecule has 2 aliphatic rings. The number of halogens is 1. The number of ether oxygens (including phenoxy) is 2. The minimum Gasteiger partial charge on any atom is -0.488 e. The Morgan fingerprint density at radius 2 is 1.88 bits per heavy atom. The lowest BCUT2D eigenvalue weighted by molar-refractivity contribution is 0.0258. The summed E-state index contributed by atoms with van der Waals surface area (Å²) in [5, 5.41) is 3.16. The fraction of sp³-hybridized carbons (Fsp3) is 0.500. The van der Waals surface area contributed by atoms with Gasteiger partial charge in [0.2, 0.25) is 0 Å². The van der Waals surface area contributed by atoms with E-state index in [1.165, 1.54) is 12.8 Å². The van der Waals surface area contributed by atoms with Crippen molar-refractivity contribution in [2.75, 3.05) is 31.1 Å². The van der Waals surface area contributed by atoms with Gasteiger partial charge in [-0.3, -0.25) is 0 Å². The number of piperidine rings is 1.